The van der Waals surface area contributed by atoms with E-state index in [0.29, 0.717) is 22.6 Å². The van der Waals surface area contributed by atoms with Crippen LogP contribution in [-0.2, 0) is 10.0 Å². The van der Waals surface area contributed by atoms with E-state index in [0.717, 1.165) is 0 Å². The molecule has 1 aromatic heterocycles. The first-order valence-corrected chi connectivity index (χ1v) is 7.67. The maximum absolute atomic E-state index is 12.5. The number of aliphatic hydroxyl groups is 1. The molecule has 2 aromatic rings. The number of benzene rings is 1. The van der Waals surface area contributed by atoms with Gasteiger partial charge in [-0.05, 0) is 26.0 Å². The van der Waals surface area contributed by atoms with Crippen LogP contribution in [0.25, 0.3) is 0 Å². The van der Waals surface area contributed by atoms with Crippen molar-refractivity contribution in [3.8, 4) is 11.8 Å². The number of aliphatic hydroxyl groups excluding tert-OH is 1. The van der Waals surface area contributed by atoms with Gasteiger partial charge in [0.2, 0.25) is 0 Å². The van der Waals surface area contributed by atoms with Gasteiger partial charge in [-0.25, -0.2) is 8.42 Å². The highest BCUT2D eigenvalue weighted by Gasteiger charge is 2.22. The quantitative estimate of drug-likeness (QED) is 0.742. The Bertz CT molecular complexity index is 794. The molecule has 0 radical (unpaired) electrons. The van der Waals surface area contributed by atoms with Gasteiger partial charge in [0.05, 0.1) is 17.1 Å². The summed E-state index contributed by atoms with van der Waals surface area (Å²) in [6, 6.07) is 6.74. The fourth-order valence-corrected chi connectivity index (χ4v) is 3.40. The van der Waals surface area contributed by atoms with E-state index in [-0.39, 0.29) is 11.5 Å². The van der Waals surface area contributed by atoms with Crippen LogP contribution in [0.15, 0.2) is 29.2 Å². The van der Waals surface area contributed by atoms with Gasteiger partial charge < -0.3 is 5.11 Å². The number of aromatic amines is 1. The van der Waals surface area contributed by atoms with E-state index in [1.807, 2.05) is 0 Å². The van der Waals surface area contributed by atoms with E-state index in [1.165, 1.54) is 0 Å². The molecule has 7 heteroatoms. The lowest BCUT2D eigenvalue weighted by molar-refractivity contribution is 0.350. The molecule has 21 heavy (non-hydrogen) atoms. The number of anilines is 1. The van der Waals surface area contributed by atoms with Gasteiger partial charge in [0, 0.05) is 5.56 Å². The zero-order valence-corrected chi connectivity index (χ0v) is 12.5. The van der Waals surface area contributed by atoms with Gasteiger partial charge in [0.1, 0.15) is 11.5 Å². The highest BCUT2D eigenvalue weighted by Crippen LogP contribution is 2.22. The molecule has 2 rings (SSSR count). The normalized spacial score (nSPS) is 10.8. The molecule has 6 nitrogen and oxygen atoms in total. The summed E-state index contributed by atoms with van der Waals surface area (Å²) >= 11 is 0. The lowest BCUT2D eigenvalue weighted by Gasteiger charge is -2.09. The van der Waals surface area contributed by atoms with Crippen LogP contribution in [0.3, 0.4) is 0 Å². The molecule has 0 aliphatic rings. The summed E-state index contributed by atoms with van der Waals surface area (Å²) in [4.78, 5) is 0.132. The number of H-pyrrole nitrogens is 1. The molecule has 0 aliphatic heterocycles. The summed E-state index contributed by atoms with van der Waals surface area (Å²) in [6.07, 6.45) is 0. The second kappa shape index (κ2) is 5.99. The Hall–Kier alpha value is -2.30. The van der Waals surface area contributed by atoms with Crippen molar-refractivity contribution < 1.29 is 13.5 Å². The van der Waals surface area contributed by atoms with Crippen LogP contribution in [0.5, 0.6) is 0 Å². The van der Waals surface area contributed by atoms with Crippen LogP contribution in [-0.4, -0.2) is 30.3 Å². The molecule has 110 valence electrons. The summed E-state index contributed by atoms with van der Waals surface area (Å²) in [5, 5.41) is 15.3. The lowest BCUT2D eigenvalue weighted by atomic mass is 10.2. The van der Waals surface area contributed by atoms with Crippen LogP contribution in [0.2, 0.25) is 0 Å². The minimum Gasteiger partial charge on any atom is -0.384 e. The predicted octanol–water partition coefficient (Wildman–Crippen LogP) is 1.17. The van der Waals surface area contributed by atoms with Crippen molar-refractivity contribution in [1.82, 2.24) is 10.2 Å². The molecule has 0 saturated heterocycles. The van der Waals surface area contributed by atoms with Crippen LogP contribution in [0.4, 0.5) is 5.69 Å². The first-order chi connectivity index (χ1) is 9.95. The largest absolute Gasteiger partial charge is 0.384 e. The summed E-state index contributed by atoms with van der Waals surface area (Å²) in [6.45, 7) is 2.97. The molecule has 0 bridgehead atoms. The van der Waals surface area contributed by atoms with Gasteiger partial charge in [-0.3, -0.25) is 9.82 Å². The molecular weight excluding hydrogens is 290 g/mol. The molecule has 0 atom stereocenters. The van der Waals surface area contributed by atoms with Crippen molar-refractivity contribution in [2.75, 3.05) is 11.3 Å². The second-order valence-electron chi connectivity index (χ2n) is 4.37. The summed E-state index contributed by atoms with van der Waals surface area (Å²) in [7, 11) is -3.75. The van der Waals surface area contributed by atoms with Crippen molar-refractivity contribution in [2.24, 2.45) is 0 Å². The Morgan fingerprint density at radius 1 is 1.33 bits per heavy atom. The third kappa shape index (κ3) is 3.24. The fourth-order valence-electron chi connectivity index (χ4n) is 1.95. The van der Waals surface area contributed by atoms with Gasteiger partial charge in [-0.15, -0.1) is 0 Å². The maximum Gasteiger partial charge on any atom is 0.265 e. The average Bonchev–Trinajstić information content (AvgIpc) is 2.77. The van der Waals surface area contributed by atoms with E-state index in [2.05, 4.69) is 26.8 Å². The first kappa shape index (κ1) is 15.1. The molecule has 0 spiro atoms. The second-order valence-corrected chi connectivity index (χ2v) is 5.99. The summed E-state index contributed by atoms with van der Waals surface area (Å²) in [5.41, 5.74) is 1.73. The highest BCUT2D eigenvalue weighted by molar-refractivity contribution is 7.92. The minimum absolute atomic E-state index is 0.132. The van der Waals surface area contributed by atoms with E-state index in [4.69, 9.17) is 5.11 Å². The number of nitrogens with one attached hydrogen (secondary N) is 2. The van der Waals surface area contributed by atoms with Crippen molar-refractivity contribution in [3.63, 3.8) is 0 Å². The molecule has 3 N–H and O–H groups in total. The Kier molecular flexibility index (Phi) is 4.31. The van der Waals surface area contributed by atoms with Crippen molar-refractivity contribution in [3.05, 3.63) is 41.2 Å². The Morgan fingerprint density at radius 2 is 2.05 bits per heavy atom. The van der Waals surface area contributed by atoms with E-state index in [9.17, 15) is 8.42 Å². The number of sulfonamides is 1. The molecule has 0 fully saturated rings. The van der Waals surface area contributed by atoms with Gasteiger partial charge in [-0.2, -0.15) is 5.10 Å². The van der Waals surface area contributed by atoms with Crippen LogP contribution in [0.1, 0.15) is 17.0 Å². The minimum atomic E-state index is -3.75. The topological polar surface area (TPSA) is 95.1 Å². The molecule has 1 aromatic carbocycles. The standard InChI is InChI=1S/C14H15N3O3S/c1-10-14(11(2)16-15-10)21(19,20)17-13-8-4-3-6-12(13)7-5-9-18/h3-4,6,8,17-18H,9H2,1-2H3,(H,15,16). The van der Waals surface area contributed by atoms with Gasteiger partial charge in [0.15, 0.2) is 0 Å². The maximum atomic E-state index is 12.5. The van der Waals surface area contributed by atoms with Crippen molar-refractivity contribution in [2.45, 2.75) is 18.7 Å². The smallest absolute Gasteiger partial charge is 0.265 e. The molecule has 0 amide bonds. The third-order valence-electron chi connectivity index (χ3n) is 2.80. The van der Waals surface area contributed by atoms with Crippen LogP contribution in [0, 0.1) is 25.7 Å². The Morgan fingerprint density at radius 3 is 2.67 bits per heavy atom. The van der Waals surface area contributed by atoms with Crippen LogP contribution < -0.4 is 4.72 Å². The monoisotopic (exact) mass is 305 g/mol. The van der Waals surface area contributed by atoms with Gasteiger partial charge in [-0.1, -0.05) is 24.0 Å². The third-order valence-corrected chi connectivity index (χ3v) is 4.43. The van der Waals surface area contributed by atoms with E-state index < -0.39 is 10.0 Å². The number of para-hydroxylation sites is 1. The average molecular weight is 305 g/mol. The van der Waals surface area contributed by atoms with Gasteiger partial charge in [0.25, 0.3) is 10.0 Å². The number of aryl methyl sites for hydroxylation is 2. The summed E-state index contributed by atoms with van der Waals surface area (Å²) in [5.74, 6) is 5.21. The number of aromatic nitrogens is 2. The van der Waals surface area contributed by atoms with Crippen molar-refractivity contribution >= 4 is 15.7 Å². The predicted molar refractivity (Wildman–Crippen MR) is 79.3 cm³/mol. The first-order valence-electron chi connectivity index (χ1n) is 6.19. The molecule has 0 saturated carbocycles. The highest BCUT2D eigenvalue weighted by atomic mass is 32.2. The molecule has 0 unspecified atom stereocenters. The van der Waals surface area contributed by atoms with E-state index in [1.54, 1.807) is 38.1 Å². The molecule has 0 aliphatic carbocycles. The molecular formula is C14H15N3O3S. The Labute approximate surface area is 123 Å². The van der Waals surface area contributed by atoms with Crippen molar-refractivity contribution in [1.29, 1.82) is 0 Å². The van der Waals surface area contributed by atoms with Gasteiger partial charge >= 0.3 is 0 Å². The summed E-state index contributed by atoms with van der Waals surface area (Å²) < 4.78 is 27.4. The SMILES string of the molecule is Cc1n[nH]c(C)c1S(=O)(=O)Nc1ccccc1C#CCO. The number of rotatable bonds is 3. The van der Waals surface area contributed by atoms with E-state index >= 15 is 0 Å². The fraction of sp³-hybridized carbons (Fsp3) is 0.214. The zero-order chi connectivity index (χ0) is 15.5. The lowest BCUT2D eigenvalue weighted by Crippen LogP contribution is -2.15. The molecule has 1 heterocycles. The number of nitrogens with zero attached hydrogens (tertiary/aromatic N) is 1. The van der Waals surface area contributed by atoms with Crippen LogP contribution >= 0.6 is 0 Å². The number of hydrogen-bond donors (Lipinski definition) is 3. The number of hydrogen-bond acceptors (Lipinski definition) is 4. The zero-order valence-electron chi connectivity index (χ0n) is 11.6. The Balaban J connectivity index is 2.43.